The van der Waals surface area contributed by atoms with Crippen LogP contribution in [0.5, 0.6) is 0 Å². The van der Waals surface area contributed by atoms with Crippen LogP contribution >= 0.6 is 0 Å². The van der Waals surface area contributed by atoms with Crippen molar-refractivity contribution < 1.29 is 58.9 Å². The molecular weight excluding hydrogens is 665 g/mol. The molecule has 6 fully saturated rings. The summed E-state index contributed by atoms with van der Waals surface area (Å²) < 4.78 is 89.7. The van der Waals surface area contributed by atoms with Crippen LogP contribution in [-0.2, 0) is 58.9 Å². The summed E-state index contributed by atoms with van der Waals surface area (Å²) in [6.45, 7) is 15.0. The lowest BCUT2D eigenvalue weighted by Crippen LogP contribution is -2.88. The van der Waals surface area contributed by atoms with Crippen LogP contribution in [0.2, 0.25) is 48.4 Å². The van der Waals surface area contributed by atoms with Gasteiger partial charge in [-0.15, -0.1) is 0 Å². The molecule has 40 heavy (non-hydrogen) atoms. The van der Waals surface area contributed by atoms with Crippen molar-refractivity contribution in [2.75, 3.05) is 6.61 Å². The van der Waals surface area contributed by atoms with Crippen molar-refractivity contribution >= 4 is 76.4 Å². The molecule has 6 heterocycles. The third-order valence-corrected chi connectivity index (χ3v) is 44.2. The Morgan fingerprint density at radius 2 is 0.625 bits per heavy atom. The molecule has 14 nitrogen and oxygen atoms in total. The first-order valence-electron chi connectivity index (χ1n) is 14.4. The highest BCUT2D eigenvalue weighted by molar-refractivity contribution is 7.03. The van der Waals surface area contributed by atoms with E-state index in [4.69, 9.17) is 54.1 Å². The van der Waals surface area contributed by atoms with Crippen LogP contribution in [0.1, 0.15) is 55.4 Å². The first kappa shape index (κ1) is 32.1. The van der Waals surface area contributed by atoms with E-state index in [2.05, 4.69) is 0 Å². The van der Waals surface area contributed by atoms with E-state index < -0.39 is 76.4 Å². The van der Waals surface area contributed by atoms with Gasteiger partial charge in [0.1, 0.15) is 0 Å². The van der Waals surface area contributed by atoms with E-state index in [0.29, 0.717) is 42.3 Å². The van der Waals surface area contributed by atoms with Crippen LogP contribution < -0.4 is 0 Å². The monoisotopic (exact) mass is 706 g/mol. The summed E-state index contributed by atoms with van der Waals surface area (Å²) in [5.41, 5.74) is 0. The van der Waals surface area contributed by atoms with Crippen molar-refractivity contribution in [3.05, 3.63) is 0 Å². The van der Waals surface area contributed by atoms with Crippen LogP contribution in [0.3, 0.4) is 0 Å². The van der Waals surface area contributed by atoms with Gasteiger partial charge < -0.3 is 54.1 Å². The van der Waals surface area contributed by atoms with Crippen molar-refractivity contribution in [1.82, 2.24) is 0 Å². The Morgan fingerprint density at radius 1 is 0.425 bits per heavy atom. The van der Waals surface area contributed by atoms with E-state index in [9.17, 15) is 4.79 Å². The third kappa shape index (κ3) is 5.43. The molecular formula is C18H42O14Si8. The largest absolute Gasteiger partial charge is 0.482 e. The van der Waals surface area contributed by atoms with Crippen LogP contribution in [0.15, 0.2) is 0 Å². The number of esters is 1. The van der Waals surface area contributed by atoms with Crippen molar-refractivity contribution in [2.24, 2.45) is 0 Å². The summed E-state index contributed by atoms with van der Waals surface area (Å²) in [5.74, 6) is -0.425. The molecule has 0 aromatic heterocycles. The van der Waals surface area contributed by atoms with Gasteiger partial charge in [0, 0.05) is 49.2 Å². The molecule has 6 rings (SSSR count). The lowest BCUT2D eigenvalue weighted by Gasteiger charge is -2.62. The summed E-state index contributed by atoms with van der Waals surface area (Å²) in [4.78, 5) is 11.8. The summed E-state index contributed by atoms with van der Waals surface area (Å²) in [6.07, 6.45) is 0. The highest BCUT2D eigenvalue weighted by Crippen LogP contribution is 2.52. The van der Waals surface area contributed by atoms with E-state index >= 15 is 0 Å². The summed E-state index contributed by atoms with van der Waals surface area (Å²) >= 11 is 0. The molecule has 0 saturated carbocycles. The van der Waals surface area contributed by atoms with Crippen molar-refractivity contribution in [3.8, 4) is 0 Å². The Bertz CT molecular complexity index is 872. The van der Waals surface area contributed by atoms with E-state index in [1.54, 1.807) is 0 Å². The lowest BCUT2D eigenvalue weighted by molar-refractivity contribution is -0.140. The van der Waals surface area contributed by atoms with Crippen LogP contribution in [0, 0.1) is 0 Å². The van der Waals surface area contributed by atoms with Gasteiger partial charge in [-0.2, -0.15) is 0 Å². The molecule has 6 aliphatic rings. The fourth-order valence-corrected chi connectivity index (χ4v) is 54.8. The molecule has 0 atom stereocenters. The molecule has 6 aliphatic heterocycles. The van der Waals surface area contributed by atoms with Gasteiger partial charge in [0.05, 0.1) is 12.7 Å². The molecule has 230 valence electrons. The number of ether oxygens (including phenoxy) is 1. The quantitative estimate of drug-likeness (QED) is 0.242. The molecule has 0 spiro atoms. The second kappa shape index (κ2) is 11.0. The van der Waals surface area contributed by atoms with Gasteiger partial charge >= 0.3 is 76.4 Å². The fraction of sp³-hybridized carbons (Fsp3) is 0.944. The predicted octanol–water partition coefficient (Wildman–Crippen LogP) is 3.47. The summed E-state index contributed by atoms with van der Waals surface area (Å²) in [5, 5.41) is 0. The Kier molecular flexibility index (Phi) is 8.80. The maximum absolute atomic E-state index is 11.8. The standard InChI is InChI=1S/C18H42O14Si8/c1-9-33-21-34(10-2)24-37(13-5)26-35(11-3,22-33)28-39(15-7)29-36(12-4,23-33)27-38(14-6,25-34)31-40(30-37,32-39)17-16-20-18(8)19/h9-17H2,1-8H3. The van der Waals surface area contributed by atoms with Gasteiger partial charge in [0.15, 0.2) is 0 Å². The average molecular weight is 707 g/mol. The molecule has 0 aliphatic carbocycles. The molecule has 22 heteroatoms. The normalized spacial score (nSPS) is 49.6. The Balaban J connectivity index is 1.81. The smallest absolute Gasteiger partial charge is 0.466 e. The maximum Gasteiger partial charge on any atom is 0.482 e. The second-order valence-electron chi connectivity index (χ2n) is 10.3. The number of hydrogen-bond donors (Lipinski definition) is 0. The molecule has 0 N–H and O–H groups in total. The van der Waals surface area contributed by atoms with Gasteiger partial charge in [-0.05, 0) is 0 Å². The van der Waals surface area contributed by atoms with E-state index in [1.807, 2.05) is 48.5 Å². The minimum Gasteiger partial charge on any atom is -0.466 e. The molecule has 6 saturated heterocycles. The van der Waals surface area contributed by atoms with Crippen LogP contribution in [0.25, 0.3) is 0 Å². The lowest BCUT2D eigenvalue weighted by atomic mass is 10.8. The fourth-order valence-electron chi connectivity index (χ4n) is 5.33. The van der Waals surface area contributed by atoms with Gasteiger partial charge in [-0.25, -0.2) is 0 Å². The number of carbonyl (C=O) groups is 1. The van der Waals surface area contributed by atoms with Crippen molar-refractivity contribution in [1.29, 1.82) is 0 Å². The molecule has 0 amide bonds. The van der Waals surface area contributed by atoms with Crippen molar-refractivity contribution in [2.45, 2.75) is 104 Å². The highest BCUT2D eigenvalue weighted by atomic mass is 28.6. The van der Waals surface area contributed by atoms with E-state index in [-0.39, 0.29) is 12.7 Å². The minimum atomic E-state index is -3.90. The first-order chi connectivity index (χ1) is 18.8. The second-order valence-corrected chi connectivity index (χ2v) is 36.4. The number of hydrogen-bond acceptors (Lipinski definition) is 14. The molecule has 8 bridgehead atoms. The molecule has 0 unspecified atom stereocenters. The Morgan fingerprint density at radius 3 is 0.800 bits per heavy atom. The molecule has 0 aromatic rings. The summed E-state index contributed by atoms with van der Waals surface area (Å²) in [6, 6.07) is 2.83. The van der Waals surface area contributed by atoms with Crippen LogP contribution in [0.4, 0.5) is 0 Å². The molecule has 0 aromatic carbocycles. The number of rotatable bonds is 10. The zero-order valence-corrected chi connectivity index (χ0v) is 32.6. The average Bonchev–Trinajstić information content (AvgIpc) is 2.87. The summed E-state index contributed by atoms with van der Waals surface area (Å²) in [7, 11) is -29.6. The van der Waals surface area contributed by atoms with E-state index in [0.717, 1.165) is 0 Å². The van der Waals surface area contributed by atoms with Gasteiger partial charge in [0.25, 0.3) is 0 Å². The minimum absolute atomic E-state index is 0.00343. The maximum atomic E-state index is 11.8. The SMILES string of the molecule is CC[Si]12O[Si]3(CC)O[Si]4(CC)O[Si](CC)(O1)O[Si]1(CC)O[Si](CC)(O2)O[Si](CC)(O3)O[Si](CCOC(C)=O)(O4)O1. The topological polar surface area (TPSA) is 137 Å². The zero-order chi connectivity index (χ0) is 29.1. The highest BCUT2D eigenvalue weighted by Gasteiger charge is 2.82. The van der Waals surface area contributed by atoms with Gasteiger partial charge in [-0.3, -0.25) is 4.79 Å². The number of carbonyl (C=O) groups excluding carboxylic acids is 1. The van der Waals surface area contributed by atoms with Gasteiger partial charge in [-0.1, -0.05) is 48.5 Å². The molecule has 0 radical (unpaired) electrons. The van der Waals surface area contributed by atoms with Crippen LogP contribution in [-0.4, -0.2) is 83.0 Å². The Labute approximate surface area is 245 Å². The third-order valence-electron chi connectivity index (χ3n) is 7.48. The first-order valence-corrected chi connectivity index (χ1v) is 29.8. The van der Waals surface area contributed by atoms with Crippen molar-refractivity contribution in [3.63, 3.8) is 0 Å². The van der Waals surface area contributed by atoms with E-state index in [1.165, 1.54) is 6.92 Å². The zero-order valence-electron chi connectivity index (χ0n) is 24.6. The predicted molar refractivity (Wildman–Crippen MR) is 154 cm³/mol. The van der Waals surface area contributed by atoms with Gasteiger partial charge in [0.2, 0.25) is 0 Å². The Hall–Kier alpha value is 0.725.